The lowest BCUT2D eigenvalue weighted by Gasteiger charge is -2.37. The molecule has 7 nitrogen and oxygen atoms in total. The third-order valence-electron chi connectivity index (χ3n) is 4.32. The van der Waals surface area contributed by atoms with E-state index in [1.54, 1.807) is 29.2 Å². The van der Waals surface area contributed by atoms with E-state index >= 15 is 0 Å². The Hall–Kier alpha value is -2.70. The highest BCUT2D eigenvalue weighted by Gasteiger charge is 2.35. The molecule has 25 heavy (non-hydrogen) atoms. The molecule has 134 valence electrons. The third kappa shape index (κ3) is 4.43. The highest BCUT2D eigenvalue weighted by atomic mass is 16.2. The zero-order valence-electron chi connectivity index (χ0n) is 14.7. The number of hydrogen-bond acceptors (Lipinski definition) is 4. The van der Waals surface area contributed by atoms with E-state index < -0.39 is 11.9 Å². The molecule has 1 N–H and O–H groups in total. The normalized spacial score (nSPS) is 16.0. The number of hydrogen-bond donors (Lipinski definition) is 1. The third-order valence-corrected chi connectivity index (χ3v) is 4.32. The number of Topliss-reactive ketones (excluding diaryl/α,β-unsaturated/α-hetero) is 1. The number of nitrogens with zero attached hydrogens (tertiary/aromatic N) is 2. The van der Waals surface area contributed by atoms with Crippen molar-refractivity contribution < 1.29 is 19.2 Å². The minimum atomic E-state index is -0.478. The average Bonchev–Trinajstić information content (AvgIpc) is 2.58. The summed E-state index contributed by atoms with van der Waals surface area (Å²) >= 11 is 0. The zero-order chi connectivity index (χ0) is 18.6. The Kier molecular flexibility index (Phi) is 5.90. The van der Waals surface area contributed by atoms with E-state index in [2.05, 4.69) is 5.32 Å². The van der Waals surface area contributed by atoms with Crippen LogP contribution in [0.25, 0.3) is 0 Å². The second-order valence-corrected chi connectivity index (χ2v) is 6.15. The number of nitrogens with one attached hydrogen (secondary N) is 1. The van der Waals surface area contributed by atoms with Crippen LogP contribution in [0.15, 0.2) is 24.3 Å². The van der Waals surface area contributed by atoms with Crippen LogP contribution in [-0.4, -0.2) is 52.6 Å². The van der Waals surface area contributed by atoms with Gasteiger partial charge < -0.3 is 10.2 Å². The van der Waals surface area contributed by atoms with Gasteiger partial charge in [0.2, 0.25) is 11.8 Å². The van der Waals surface area contributed by atoms with Crippen molar-refractivity contribution in [1.29, 1.82) is 0 Å². The summed E-state index contributed by atoms with van der Waals surface area (Å²) in [6, 6.07) is 6.10. The molecule has 1 aromatic rings. The molecule has 0 unspecified atom stereocenters. The minimum absolute atomic E-state index is 0.0124. The van der Waals surface area contributed by atoms with E-state index in [4.69, 9.17) is 0 Å². The van der Waals surface area contributed by atoms with E-state index in [9.17, 15) is 19.2 Å². The zero-order valence-corrected chi connectivity index (χ0v) is 14.7. The first-order chi connectivity index (χ1) is 11.8. The molecule has 1 aliphatic rings. The van der Waals surface area contributed by atoms with Gasteiger partial charge in [-0.15, -0.1) is 0 Å². The molecule has 1 aliphatic heterocycles. The molecule has 0 spiro atoms. The largest absolute Gasteiger partial charge is 0.327 e. The maximum Gasteiger partial charge on any atom is 0.327 e. The summed E-state index contributed by atoms with van der Waals surface area (Å²) in [6.07, 6.45) is 0.987. The molecule has 1 aromatic carbocycles. The Labute approximate surface area is 147 Å². The summed E-state index contributed by atoms with van der Waals surface area (Å²) in [5.74, 6) is -0.938. The maximum atomic E-state index is 12.5. The summed E-state index contributed by atoms with van der Waals surface area (Å²) in [5.41, 5.74) is 0.930. The molecule has 0 radical (unpaired) electrons. The van der Waals surface area contributed by atoms with Crippen molar-refractivity contribution in [1.82, 2.24) is 9.80 Å². The monoisotopic (exact) mass is 345 g/mol. The Balaban J connectivity index is 2.05. The number of carbonyl (C=O) groups excluding carboxylic acids is 4. The number of urea groups is 1. The molecule has 0 bridgehead atoms. The lowest BCUT2D eigenvalue weighted by Crippen LogP contribution is -2.56. The van der Waals surface area contributed by atoms with Gasteiger partial charge in [-0.3, -0.25) is 19.3 Å². The van der Waals surface area contributed by atoms with Gasteiger partial charge in [-0.05, 0) is 32.4 Å². The van der Waals surface area contributed by atoms with Gasteiger partial charge >= 0.3 is 6.03 Å². The summed E-state index contributed by atoms with van der Waals surface area (Å²) in [4.78, 5) is 50.8. The number of amides is 4. The van der Waals surface area contributed by atoms with Crippen LogP contribution in [0.2, 0.25) is 0 Å². The predicted octanol–water partition coefficient (Wildman–Crippen LogP) is 2.28. The summed E-state index contributed by atoms with van der Waals surface area (Å²) in [6.45, 7) is 5.36. The van der Waals surface area contributed by atoms with E-state index in [0.29, 0.717) is 17.8 Å². The minimum Gasteiger partial charge on any atom is -0.325 e. The van der Waals surface area contributed by atoms with Crippen LogP contribution in [0.1, 0.15) is 44.0 Å². The molecule has 1 fully saturated rings. The van der Waals surface area contributed by atoms with Crippen LogP contribution in [0.5, 0.6) is 0 Å². The summed E-state index contributed by atoms with van der Waals surface area (Å²) in [7, 11) is 0. The molecular formula is C18H23N3O4. The Morgan fingerprint density at radius 3 is 2.64 bits per heavy atom. The van der Waals surface area contributed by atoms with Gasteiger partial charge in [0.1, 0.15) is 6.54 Å². The van der Waals surface area contributed by atoms with E-state index in [1.807, 2.05) is 13.8 Å². The van der Waals surface area contributed by atoms with Gasteiger partial charge in [-0.1, -0.05) is 19.1 Å². The molecule has 4 amide bonds. The van der Waals surface area contributed by atoms with Gasteiger partial charge in [-0.25, -0.2) is 4.79 Å². The topological polar surface area (TPSA) is 86.8 Å². The van der Waals surface area contributed by atoms with Gasteiger partial charge in [0.25, 0.3) is 0 Å². The number of ketones is 1. The number of benzene rings is 1. The lowest BCUT2D eigenvalue weighted by atomic mass is 10.1. The van der Waals surface area contributed by atoms with Crippen molar-refractivity contribution in [3.8, 4) is 0 Å². The maximum absolute atomic E-state index is 12.5. The van der Waals surface area contributed by atoms with Gasteiger partial charge in [0, 0.05) is 30.3 Å². The standard InChI is InChI=1S/C18H23N3O4/c1-4-12(2)20-9-8-17(24)21(18(20)25)11-16(23)19-15-7-5-6-14(10-15)13(3)22/h5-7,10,12H,4,8-9,11H2,1-3H3,(H,19,23)/t12-/m0/s1. The smallest absolute Gasteiger partial charge is 0.325 e. The van der Waals surface area contributed by atoms with Crippen LogP contribution >= 0.6 is 0 Å². The van der Waals surface area contributed by atoms with E-state index in [-0.39, 0.29) is 30.7 Å². The Morgan fingerprint density at radius 2 is 2.00 bits per heavy atom. The summed E-state index contributed by atoms with van der Waals surface area (Å²) < 4.78 is 0. The predicted molar refractivity (Wildman–Crippen MR) is 93.3 cm³/mol. The Bertz CT molecular complexity index is 701. The number of imide groups is 1. The van der Waals surface area contributed by atoms with Crippen molar-refractivity contribution >= 4 is 29.3 Å². The van der Waals surface area contributed by atoms with E-state index in [0.717, 1.165) is 11.3 Å². The SMILES string of the molecule is CC[C@H](C)N1CCC(=O)N(CC(=O)Nc2cccc(C(C)=O)c2)C1=O. The Morgan fingerprint density at radius 1 is 1.28 bits per heavy atom. The van der Waals surface area contributed by atoms with Gasteiger partial charge in [0.15, 0.2) is 5.78 Å². The van der Waals surface area contributed by atoms with Crippen LogP contribution in [0, 0.1) is 0 Å². The second-order valence-electron chi connectivity index (χ2n) is 6.15. The first kappa shape index (κ1) is 18.6. The molecule has 1 saturated heterocycles. The molecule has 0 saturated carbocycles. The number of anilines is 1. The fraction of sp³-hybridized carbons (Fsp3) is 0.444. The second kappa shape index (κ2) is 7.92. The molecular weight excluding hydrogens is 322 g/mol. The number of carbonyl (C=O) groups is 4. The lowest BCUT2D eigenvalue weighted by molar-refractivity contribution is -0.134. The fourth-order valence-electron chi connectivity index (χ4n) is 2.65. The van der Waals surface area contributed by atoms with Gasteiger partial charge in [0.05, 0.1) is 0 Å². The quantitative estimate of drug-likeness (QED) is 0.801. The van der Waals surface area contributed by atoms with Crippen LogP contribution in [0.4, 0.5) is 10.5 Å². The first-order valence-corrected chi connectivity index (χ1v) is 8.35. The van der Waals surface area contributed by atoms with Crippen molar-refractivity contribution in [3.63, 3.8) is 0 Å². The van der Waals surface area contributed by atoms with Crippen molar-refractivity contribution in [2.75, 3.05) is 18.4 Å². The molecule has 0 aromatic heterocycles. The first-order valence-electron chi connectivity index (χ1n) is 8.35. The summed E-state index contributed by atoms with van der Waals surface area (Å²) in [5, 5.41) is 2.63. The van der Waals surface area contributed by atoms with Gasteiger partial charge in [-0.2, -0.15) is 0 Å². The fourth-order valence-corrected chi connectivity index (χ4v) is 2.65. The highest BCUT2D eigenvalue weighted by Crippen LogP contribution is 2.16. The van der Waals surface area contributed by atoms with Crippen molar-refractivity contribution in [2.24, 2.45) is 0 Å². The molecule has 2 rings (SSSR count). The van der Waals surface area contributed by atoms with Crippen molar-refractivity contribution in [3.05, 3.63) is 29.8 Å². The average molecular weight is 345 g/mol. The number of rotatable bonds is 6. The van der Waals surface area contributed by atoms with E-state index in [1.165, 1.54) is 6.92 Å². The molecule has 0 aliphatic carbocycles. The molecule has 1 heterocycles. The molecule has 1 atom stereocenters. The van der Waals surface area contributed by atoms with Crippen LogP contribution < -0.4 is 5.32 Å². The van der Waals surface area contributed by atoms with Crippen molar-refractivity contribution in [2.45, 2.75) is 39.7 Å². The van der Waals surface area contributed by atoms with Crippen LogP contribution in [0.3, 0.4) is 0 Å². The molecule has 7 heteroatoms. The highest BCUT2D eigenvalue weighted by molar-refractivity contribution is 6.03. The van der Waals surface area contributed by atoms with Crippen LogP contribution in [-0.2, 0) is 9.59 Å².